The molecule has 0 radical (unpaired) electrons. The highest BCUT2D eigenvalue weighted by Gasteiger charge is 2.51. The van der Waals surface area contributed by atoms with Gasteiger partial charge in [-0.15, -0.1) is 0 Å². The minimum atomic E-state index is -0.392. The molecule has 0 atom stereocenters. The summed E-state index contributed by atoms with van der Waals surface area (Å²) < 4.78 is 6.48. The van der Waals surface area contributed by atoms with E-state index in [1.807, 2.05) is 24.3 Å². The van der Waals surface area contributed by atoms with E-state index in [1.165, 1.54) is 50.1 Å². The van der Waals surface area contributed by atoms with E-state index in [9.17, 15) is 0 Å². The maximum absolute atomic E-state index is 6.48. The third kappa shape index (κ3) is 4.28. The summed E-state index contributed by atoms with van der Waals surface area (Å²) in [7, 11) is 0. The summed E-state index contributed by atoms with van der Waals surface area (Å²) in [5, 5.41) is 2.14. The Morgan fingerprint density at radius 3 is 1.66 bits per heavy atom. The Balaban J connectivity index is 1.06. The number of nitrogens with zero attached hydrogens (tertiary/aromatic N) is 2. The highest BCUT2D eigenvalue weighted by molar-refractivity contribution is 6.09. The molecule has 0 unspecified atom stereocenters. The highest BCUT2D eigenvalue weighted by Crippen LogP contribution is 2.64. The van der Waals surface area contributed by atoms with Crippen molar-refractivity contribution in [1.82, 2.24) is 9.97 Å². The fourth-order valence-corrected chi connectivity index (χ4v) is 9.63. The van der Waals surface area contributed by atoms with Gasteiger partial charge in [0.2, 0.25) is 0 Å². The maximum Gasteiger partial charge on any atom is 0.164 e. The second-order valence-electron chi connectivity index (χ2n) is 14.8. The van der Waals surface area contributed by atoms with Gasteiger partial charge in [-0.2, -0.15) is 0 Å². The van der Waals surface area contributed by atoms with Gasteiger partial charge in [0, 0.05) is 21.9 Å². The van der Waals surface area contributed by atoms with Gasteiger partial charge in [0.1, 0.15) is 11.2 Å². The fourth-order valence-electron chi connectivity index (χ4n) is 9.63. The van der Waals surface area contributed by atoms with Crippen molar-refractivity contribution >= 4 is 21.9 Å². The smallest absolute Gasteiger partial charge is 0.164 e. The van der Waals surface area contributed by atoms with Crippen molar-refractivity contribution in [1.29, 1.82) is 0 Å². The molecule has 1 spiro atoms. The van der Waals surface area contributed by atoms with Crippen molar-refractivity contribution in [2.75, 3.05) is 0 Å². The minimum Gasteiger partial charge on any atom is -0.455 e. The first-order chi connectivity index (χ1) is 27.8. The van der Waals surface area contributed by atoms with Gasteiger partial charge in [-0.25, -0.2) is 9.97 Å². The highest BCUT2D eigenvalue weighted by atomic mass is 16.3. The molecule has 2 aromatic heterocycles. The maximum atomic E-state index is 6.48. The quantitative estimate of drug-likeness (QED) is 0.182. The molecule has 3 nitrogen and oxygen atoms in total. The van der Waals surface area contributed by atoms with Crippen LogP contribution in [0.3, 0.4) is 0 Å². The molecule has 0 aliphatic heterocycles. The Bertz CT molecular complexity index is 3170. The number of aromatic nitrogens is 2. The topological polar surface area (TPSA) is 38.9 Å². The van der Waals surface area contributed by atoms with Crippen LogP contribution in [-0.4, -0.2) is 9.97 Å². The summed E-state index contributed by atoms with van der Waals surface area (Å²) >= 11 is 0. The first kappa shape index (κ1) is 31.0. The summed E-state index contributed by atoms with van der Waals surface area (Å²) in [6.07, 6.45) is 0. The predicted molar refractivity (Wildman–Crippen MR) is 227 cm³/mol. The second kappa shape index (κ2) is 11.8. The van der Waals surface area contributed by atoms with Crippen LogP contribution in [0.1, 0.15) is 22.3 Å². The van der Waals surface area contributed by atoms with Crippen LogP contribution in [0.4, 0.5) is 0 Å². The Labute approximate surface area is 324 Å². The SMILES string of the molecule is c1ccc(-c2cc(-c3cccc(-c4cccc5c4-c4ccccc4C54c5ccccc5-c5ccccc54)c3)nc(-c3cccc4c3oc3ccccc34)n2)cc1. The van der Waals surface area contributed by atoms with Crippen molar-refractivity contribution in [2.24, 2.45) is 0 Å². The second-order valence-corrected chi connectivity index (χ2v) is 14.8. The molecule has 2 heterocycles. The number of fused-ring (bicyclic) bond motifs is 13. The number of hydrogen-bond acceptors (Lipinski definition) is 3. The molecule has 0 fully saturated rings. The first-order valence-corrected chi connectivity index (χ1v) is 19.2. The Kier molecular flexibility index (Phi) is 6.55. The van der Waals surface area contributed by atoms with Crippen molar-refractivity contribution in [3.05, 3.63) is 216 Å². The molecule has 12 rings (SSSR count). The number of para-hydroxylation sites is 2. The molecule has 0 saturated carbocycles. The zero-order valence-corrected chi connectivity index (χ0v) is 30.3. The molecule has 3 heteroatoms. The Morgan fingerprint density at radius 1 is 0.357 bits per heavy atom. The molecule has 8 aromatic carbocycles. The van der Waals surface area contributed by atoms with E-state index >= 15 is 0 Å². The van der Waals surface area contributed by atoms with Crippen LogP contribution in [0, 0.1) is 0 Å². The number of hydrogen-bond donors (Lipinski definition) is 0. The molecule has 0 bridgehead atoms. The van der Waals surface area contributed by atoms with Crippen LogP contribution in [0.2, 0.25) is 0 Å². The average molecular weight is 713 g/mol. The molecular weight excluding hydrogens is 681 g/mol. The van der Waals surface area contributed by atoms with Crippen LogP contribution in [0.5, 0.6) is 0 Å². The average Bonchev–Trinajstić information content (AvgIpc) is 3.91. The van der Waals surface area contributed by atoms with Gasteiger partial charge >= 0.3 is 0 Å². The number of furan rings is 1. The van der Waals surface area contributed by atoms with E-state index < -0.39 is 5.41 Å². The third-order valence-electron chi connectivity index (χ3n) is 11.9. The fraction of sp³-hybridized carbons (Fsp3) is 0.0189. The summed E-state index contributed by atoms with van der Waals surface area (Å²) in [5.41, 5.74) is 18.8. The van der Waals surface area contributed by atoms with Gasteiger partial charge in [0.15, 0.2) is 5.82 Å². The molecule has 0 N–H and O–H groups in total. The van der Waals surface area contributed by atoms with E-state index in [2.05, 4.69) is 170 Å². The lowest BCUT2D eigenvalue weighted by atomic mass is 9.70. The Hall–Kier alpha value is -7.36. The predicted octanol–water partition coefficient (Wildman–Crippen LogP) is 13.4. The first-order valence-electron chi connectivity index (χ1n) is 19.2. The van der Waals surface area contributed by atoms with Gasteiger partial charge in [-0.3, -0.25) is 0 Å². The van der Waals surface area contributed by atoms with E-state index in [4.69, 9.17) is 14.4 Å². The van der Waals surface area contributed by atoms with Crippen LogP contribution < -0.4 is 0 Å². The van der Waals surface area contributed by atoms with Crippen molar-refractivity contribution in [2.45, 2.75) is 5.41 Å². The summed E-state index contributed by atoms with van der Waals surface area (Å²) in [4.78, 5) is 10.5. The summed E-state index contributed by atoms with van der Waals surface area (Å²) in [6, 6.07) is 69.6. The normalized spacial score (nSPS) is 13.1. The summed E-state index contributed by atoms with van der Waals surface area (Å²) in [6.45, 7) is 0. The van der Waals surface area contributed by atoms with E-state index in [1.54, 1.807) is 0 Å². The van der Waals surface area contributed by atoms with Gasteiger partial charge in [-0.05, 0) is 79.9 Å². The standard InChI is InChI=1S/C53H32N2O/c1-2-15-33(16-3-1)47-32-48(55-52(54-47)42-25-13-24-40-39-21-7-11-30-49(39)56-51(40)42)35-18-12-17-34(31-35)36-23-14-29-46-50(36)41-22-6-10-28-45(41)53(46)43-26-8-4-19-37(43)38-20-5-9-27-44(38)53/h1-32H. The zero-order valence-electron chi connectivity index (χ0n) is 30.3. The largest absolute Gasteiger partial charge is 0.455 e. The lowest BCUT2D eigenvalue weighted by Crippen LogP contribution is -2.25. The monoisotopic (exact) mass is 712 g/mol. The van der Waals surface area contributed by atoms with Crippen LogP contribution in [-0.2, 0) is 5.41 Å². The molecule has 0 amide bonds. The van der Waals surface area contributed by atoms with E-state index in [0.717, 1.165) is 55.6 Å². The van der Waals surface area contributed by atoms with Gasteiger partial charge in [0.05, 0.1) is 22.4 Å². The molecule has 260 valence electrons. The van der Waals surface area contributed by atoms with E-state index in [-0.39, 0.29) is 0 Å². The van der Waals surface area contributed by atoms with Crippen molar-refractivity contribution in [3.63, 3.8) is 0 Å². The molecular formula is C53H32N2O. The molecule has 2 aliphatic carbocycles. The Morgan fingerprint density at radius 2 is 0.875 bits per heavy atom. The van der Waals surface area contributed by atoms with Crippen LogP contribution in [0.25, 0.3) is 89.2 Å². The molecule has 0 saturated heterocycles. The van der Waals surface area contributed by atoms with Crippen LogP contribution in [0.15, 0.2) is 199 Å². The molecule has 2 aliphatic rings. The van der Waals surface area contributed by atoms with E-state index in [0.29, 0.717) is 5.82 Å². The lowest BCUT2D eigenvalue weighted by molar-refractivity contribution is 0.669. The van der Waals surface area contributed by atoms with Gasteiger partial charge in [-0.1, -0.05) is 170 Å². The molecule has 56 heavy (non-hydrogen) atoms. The van der Waals surface area contributed by atoms with Crippen molar-refractivity contribution in [3.8, 4) is 67.3 Å². The van der Waals surface area contributed by atoms with Gasteiger partial charge < -0.3 is 4.42 Å². The minimum absolute atomic E-state index is 0.392. The third-order valence-corrected chi connectivity index (χ3v) is 11.9. The van der Waals surface area contributed by atoms with Crippen LogP contribution >= 0.6 is 0 Å². The molecule has 10 aromatic rings. The summed E-state index contributed by atoms with van der Waals surface area (Å²) in [5.74, 6) is 0.631. The number of benzene rings is 8. The lowest BCUT2D eigenvalue weighted by Gasteiger charge is -2.30. The van der Waals surface area contributed by atoms with Gasteiger partial charge in [0.25, 0.3) is 0 Å². The van der Waals surface area contributed by atoms with Crippen molar-refractivity contribution < 1.29 is 4.42 Å². The zero-order chi connectivity index (χ0) is 36.8. The number of rotatable bonds is 4.